The molecule has 1 aliphatic rings. The van der Waals surface area contributed by atoms with E-state index < -0.39 is 16.1 Å². The van der Waals surface area contributed by atoms with Gasteiger partial charge in [-0.3, -0.25) is 14.7 Å². The zero-order valence-corrected chi connectivity index (χ0v) is 21.2. The van der Waals surface area contributed by atoms with Crippen molar-refractivity contribution >= 4 is 42.6 Å². The molecule has 0 saturated carbocycles. The average Bonchev–Trinajstić information content (AvgIpc) is 3.52. The fraction of sp³-hybridized carbons (Fsp3) is 0.269. The maximum Gasteiger partial charge on any atom is 0.247 e. The summed E-state index contributed by atoms with van der Waals surface area (Å²) in [6, 6.07) is 17.5. The number of fused-ring (bicyclic) bond motifs is 1. The smallest absolute Gasteiger partial charge is 0.247 e. The third-order valence-electron chi connectivity index (χ3n) is 6.27. The van der Waals surface area contributed by atoms with E-state index in [1.807, 2.05) is 50.2 Å². The van der Waals surface area contributed by atoms with Crippen molar-refractivity contribution in [2.24, 2.45) is 0 Å². The van der Waals surface area contributed by atoms with Crippen molar-refractivity contribution in [3.8, 4) is 0 Å². The van der Waals surface area contributed by atoms with Crippen molar-refractivity contribution in [1.29, 1.82) is 0 Å². The predicted octanol–water partition coefficient (Wildman–Crippen LogP) is 4.69. The van der Waals surface area contributed by atoms with Gasteiger partial charge in [-0.1, -0.05) is 47.2 Å². The lowest BCUT2D eigenvalue weighted by Gasteiger charge is -2.28. The second kappa shape index (κ2) is 9.49. The molecule has 180 valence electrons. The first-order chi connectivity index (χ1) is 16.8. The summed E-state index contributed by atoms with van der Waals surface area (Å²) in [5.74, 6) is -0.277. The molecule has 1 aliphatic heterocycles. The lowest BCUT2D eigenvalue weighted by Crippen LogP contribution is -2.47. The molecule has 2 aromatic heterocycles. The third-order valence-corrected chi connectivity index (χ3v) is 9.23. The van der Waals surface area contributed by atoms with Gasteiger partial charge in [0.15, 0.2) is 5.13 Å². The number of aromatic nitrogens is 2. The Kier molecular flexibility index (Phi) is 6.39. The lowest BCUT2D eigenvalue weighted by molar-refractivity contribution is -0.121. The Morgan fingerprint density at radius 1 is 1.09 bits per heavy atom. The molecule has 1 atom stereocenters. The molecule has 0 aliphatic carbocycles. The third kappa shape index (κ3) is 4.59. The molecule has 2 aromatic carbocycles. The topological polar surface area (TPSA) is 83.5 Å². The molecule has 3 heterocycles. The summed E-state index contributed by atoms with van der Waals surface area (Å²) in [6.45, 7) is 4.42. The maximum atomic E-state index is 14.0. The van der Waals surface area contributed by atoms with Crippen molar-refractivity contribution in [1.82, 2.24) is 14.3 Å². The summed E-state index contributed by atoms with van der Waals surface area (Å²) in [7, 11) is -3.82. The van der Waals surface area contributed by atoms with Crippen LogP contribution >= 0.6 is 11.3 Å². The largest absolute Gasteiger partial charge is 0.281 e. The van der Waals surface area contributed by atoms with Gasteiger partial charge < -0.3 is 0 Å². The van der Waals surface area contributed by atoms with Gasteiger partial charge in [0.05, 0.1) is 27.4 Å². The number of hydrogen-bond donors (Lipinski definition) is 0. The second-order valence-electron chi connectivity index (χ2n) is 8.75. The van der Waals surface area contributed by atoms with Crippen molar-refractivity contribution in [2.75, 3.05) is 11.4 Å². The van der Waals surface area contributed by atoms with Crippen molar-refractivity contribution in [2.45, 2.75) is 44.2 Å². The highest BCUT2D eigenvalue weighted by Gasteiger charge is 2.42. The molecule has 0 bridgehead atoms. The van der Waals surface area contributed by atoms with E-state index in [1.165, 1.54) is 15.6 Å². The summed E-state index contributed by atoms with van der Waals surface area (Å²) in [5.41, 5.74) is 3.56. The Balaban J connectivity index is 1.53. The van der Waals surface area contributed by atoms with Crippen LogP contribution in [0.1, 0.15) is 29.7 Å². The van der Waals surface area contributed by atoms with E-state index in [-0.39, 0.29) is 17.3 Å². The van der Waals surface area contributed by atoms with Crippen molar-refractivity contribution < 1.29 is 13.2 Å². The summed E-state index contributed by atoms with van der Waals surface area (Å²) >= 11 is 1.43. The van der Waals surface area contributed by atoms with Gasteiger partial charge >= 0.3 is 0 Å². The molecule has 1 fully saturated rings. The van der Waals surface area contributed by atoms with Gasteiger partial charge in [0.2, 0.25) is 15.9 Å². The van der Waals surface area contributed by atoms with Crippen LogP contribution in [-0.4, -0.2) is 41.2 Å². The minimum absolute atomic E-state index is 0.203. The molecule has 4 aromatic rings. The molecule has 0 spiro atoms. The predicted molar refractivity (Wildman–Crippen MR) is 138 cm³/mol. The molecule has 7 nitrogen and oxygen atoms in total. The van der Waals surface area contributed by atoms with E-state index in [1.54, 1.807) is 35.4 Å². The molecule has 0 radical (unpaired) electrons. The normalized spacial score (nSPS) is 16.6. The highest BCUT2D eigenvalue weighted by atomic mass is 32.2. The number of hydrogen-bond acceptors (Lipinski definition) is 6. The Morgan fingerprint density at radius 3 is 2.60 bits per heavy atom. The van der Waals surface area contributed by atoms with Gasteiger partial charge in [-0.25, -0.2) is 13.4 Å². The number of benzene rings is 2. The van der Waals surface area contributed by atoms with Gasteiger partial charge in [0, 0.05) is 12.7 Å². The Labute approximate surface area is 209 Å². The number of anilines is 1. The van der Waals surface area contributed by atoms with Gasteiger partial charge in [-0.15, -0.1) is 0 Å². The van der Waals surface area contributed by atoms with Crippen LogP contribution in [-0.2, 0) is 21.4 Å². The summed E-state index contributed by atoms with van der Waals surface area (Å²) in [4.78, 5) is 25.0. The second-order valence-corrected chi connectivity index (χ2v) is 11.7. The highest BCUT2D eigenvalue weighted by Crippen LogP contribution is 2.34. The molecule has 0 N–H and O–H groups in total. The lowest BCUT2D eigenvalue weighted by atomic mass is 10.2. The molecule has 1 unspecified atom stereocenters. The van der Waals surface area contributed by atoms with E-state index in [4.69, 9.17) is 4.98 Å². The fourth-order valence-electron chi connectivity index (χ4n) is 4.38. The molecule has 9 heteroatoms. The molecular formula is C26H26N4O3S2. The fourth-order valence-corrected chi connectivity index (χ4v) is 7.08. The summed E-state index contributed by atoms with van der Waals surface area (Å²) < 4.78 is 29.3. The first kappa shape index (κ1) is 23.6. The zero-order chi connectivity index (χ0) is 24.6. The summed E-state index contributed by atoms with van der Waals surface area (Å²) in [6.07, 6.45) is 2.77. The van der Waals surface area contributed by atoms with E-state index in [2.05, 4.69) is 4.98 Å². The number of rotatable bonds is 6. The van der Waals surface area contributed by atoms with Gasteiger partial charge in [-0.2, -0.15) is 4.31 Å². The Bertz CT molecular complexity index is 1470. The van der Waals surface area contributed by atoms with Crippen LogP contribution in [0, 0.1) is 13.8 Å². The molecule has 35 heavy (non-hydrogen) atoms. The minimum atomic E-state index is -3.82. The number of sulfonamides is 1. The first-order valence-corrected chi connectivity index (χ1v) is 13.8. The molecule has 1 amide bonds. The number of pyridine rings is 1. The molecule has 1 saturated heterocycles. The number of para-hydroxylation sites is 1. The maximum absolute atomic E-state index is 14.0. The van der Waals surface area contributed by atoms with E-state index in [0.717, 1.165) is 21.3 Å². The number of amides is 1. The van der Waals surface area contributed by atoms with Crippen molar-refractivity contribution in [3.63, 3.8) is 0 Å². The number of thiazole rings is 1. The molecular weight excluding hydrogens is 480 g/mol. The van der Waals surface area contributed by atoms with Crippen LogP contribution in [0.2, 0.25) is 0 Å². The average molecular weight is 507 g/mol. The minimum Gasteiger partial charge on any atom is -0.281 e. The van der Waals surface area contributed by atoms with Crippen molar-refractivity contribution in [3.05, 3.63) is 83.7 Å². The van der Waals surface area contributed by atoms with Crippen LogP contribution in [0.25, 0.3) is 10.2 Å². The Morgan fingerprint density at radius 2 is 1.89 bits per heavy atom. The monoisotopic (exact) mass is 506 g/mol. The van der Waals surface area contributed by atoms with Crippen LogP contribution in [0.15, 0.2) is 71.8 Å². The molecule has 5 rings (SSSR count). The number of nitrogens with zero attached hydrogens (tertiary/aromatic N) is 4. The van der Waals surface area contributed by atoms with Crippen LogP contribution in [0.3, 0.4) is 0 Å². The van der Waals surface area contributed by atoms with Crippen LogP contribution < -0.4 is 4.90 Å². The highest BCUT2D eigenvalue weighted by molar-refractivity contribution is 7.89. The van der Waals surface area contributed by atoms with Gasteiger partial charge in [0.1, 0.15) is 6.04 Å². The summed E-state index contributed by atoms with van der Waals surface area (Å²) in [5, 5.41) is 0.546. The van der Waals surface area contributed by atoms with Crippen LogP contribution in [0.4, 0.5) is 5.13 Å². The Hall–Kier alpha value is -3.14. The van der Waals surface area contributed by atoms with Gasteiger partial charge in [0.25, 0.3) is 0 Å². The van der Waals surface area contributed by atoms with Gasteiger partial charge in [-0.05, 0) is 62.6 Å². The van der Waals surface area contributed by atoms with E-state index in [9.17, 15) is 13.2 Å². The number of carbonyl (C=O) groups is 1. The van der Waals surface area contributed by atoms with E-state index >= 15 is 0 Å². The van der Waals surface area contributed by atoms with Crippen LogP contribution in [0.5, 0.6) is 0 Å². The first-order valence-electron chi connectivity index (χ1n) is 11.5. The number of carbonyl (C=O) groups excluding carboxylic acids is 1. The standard InChI is InChI=1S/C26H26N4O3S2/c1-18-11-13-21(14-12-18)35(32,33)30-16-6-9-22(30)25(31)29(17-20-8-3-4-15-27-20)26-28-24-19(2)7-5-10-23(24)34-26/h3-5,7-8,10-15,22H,6,9,16-17H2,1-2H3. The SMILES string of the molecule is Cc1ccc(S(=O)(=O)N2CCCC2C(=O)N(Cc2ccccn2)c2nc3c(C)cccc3s2)cc1. The van der Waals surface area contributed by atoms with E-state index in [0.29, 0.717) is 30.2 Å². The zero-order valence-electron chi connectivity index (χ0n) is 19.6. The quantitative estimate of drug-likeness (QED) is 0.379. The number of aryl methyl sites for hydroxylation is 2.